The Morgan fingerprint density at radius 3 is 2.43 bits per heavy atom. The van der Waals surface area contributed by atoms with Crippen molar-refractivity contribution in [3.8, 4) is 11.5 Å². The molecule has 7 nitrogen and oxygen atoms in total. The van der Waals surface area contributed by atoms with Gasteiger partial charge in [-0.15, -0.1) is 0 Å². The predicted molar refractivity (Wildman–Crippen MR) is 129 cm³/mol. The first kappa shape index (κ1) is 30.1. The van der Waals surface area contributed by atoms with Crippen LogP contribution >= 0.6 is 19.4 Å². The zero-order valence-corrected chi connectivity index (χ0v) is 26.8. The van der Waals surface area contributed by atoms with E-state index in [1.807, 2.05) is 30.3 Å². The van der Waals surface area contributed by atoms with Crippen molar-refractivity contribution in [3.05, 3.63) is 70.3 Å². The van der Waals surface area contributed by atoms with Crippen LogP contribution in [0.5, 0.6) is 11.5 Å². The summed E-state index contributed by atoms with van der Waals surface area (Å²) in [7, 11) is -4.83. The zero-order valence-electron chi connectivity index (χ0n) is 21.2. The van der Waals surface area contributed by atoms with E-state index in [2.05, 4.69) is 0 Å². The maximum Gasteiger partial charge on any atom is 1.00 e. The molecule has 2 N–H and O–H groups in total. The van der Waals surface area contributed by atoms with Gasteiger partial charge in [-0.05, 0) is 69.2 Å². The summed E-state index contributed by atoms with van der Waals surface area (Å²) in [5.41, 5.74) is 2.85. The molecular weight excluding hydrogens is 537 g/mol. The molecule has 1 heterocycles. The quantitative estimate of drug-likeness (QED) is 0.236. The van der Waals surface area contributed by atoms with Crippen LogP contribution in [-0.2, 0) is 20.1 Å². The van der Waals surface area contributed by atoms with Gasteiger partial charge in [0.2, 0.25) is 0 Å². The van der Waals surface area contributed by atoms with E-state index < -0.39 is 19.2 Å². The van der Waals surface area contributed by atoms with Crippen molar-refractivity contribution in [2.24, 2.45) is 11.8 Å². The molecule has 3 aliphatic carbocycles. The number of halogens is 1. The van der Waals surface area contributed by atoms with E-state index in [1.165, 1.54) is 24.5 Å². The summed E-state index contributed by atoms with van der Waals surface area (Å²) in [4.78, 5) is 31.1. The van der Waals surface area contributed by atoms with Gasteiger partial charge in [0, 0.05) is 17.4 Å². The molecule has 1 saturated carbocycles. The van der Waals surface area contributed by atoms with Crippen molar-refractivity contribution in [2.45, 2.75) is 62.8 Å². The SMILES string of the molecule is O=P(O)(O)Oc1cc(C2(Oc3ccccc3)OOC23C2CCCC3C3=C(CCCC3)C2)ccc1Cl.[Na+].[Na+]. The Hall–Kier alpha value is 0.140. The molecule has 0 radical (unpaired) electrons. The average molecular weight is 565 g/mol. The third-order valence-corrected chi connectivity index (χ3v) is 8.80. The van der Waals surface area contributed by atoms with Crippen molar-refractivity contribution in [1.29, 1.82) is 0 Å². The molecule has 186 valence electrons. The zero-order chi connectivity index (χ0) is 24.3. The van der Waals surface area contributed by atoms with Crippen molar-refractivity contribution < 1.29 is 92.5 Å². The van der Waals surface area contributed by atoms with Gasteiger partial charge in [0.25, 0.3) is 5.79 Å². The average Bonchev–Trinajstić information content (AvgIpc) is 2.82. The number of phosphoric acid groups is 1. The summed E-state index contributed by atoms with van der Waals surface area (Å²) in [5, 5.41) is 0.0855. The number of phosphoric ester groups is 1. The summed E-state index contributed by atoms with van der Waals surface area (Å²) in [6.07, 6.45) is 8.66. The Kier molecular flexibility index (Phi) is 9.40. The molecule has 2 aromatic rings. The molecule has 4 atom stereocenters. The Morgan fingerprint density at radius 1 is 0.973 bits per heavy atom. The van der Waals surface area contributed by atoms with Gasteiger partial charge in [-0.25, -0.2) is 9.45 Å². The molecule has 4 unspecified atom stereocenters. The number of para-hydroxylation sites is 1. The van der Waals surface area contributed by atoms with Crippen LogP contribution in [0.15, 0.2) is 59.7 Å². The molecule has 2 bridgehead atoms. The molecule has 0 aromatic heterocycles. The topological polar surface area (TPSA) is 94.5 Å². The number of benzene rings is 2. The Labute approximate surface area is 266 Å². The van der Waals surface area contributed by atoms with Gasteiger partial charge in [0.1, 0.15) is 5.75 Å². The maximum atomic E-state index is 11.6. The fourth-order valence-electron chi connectivity index (χ4n) is 6.74. The van der Waals surface area contributed by atoms with Crippen molar-refractivity contribution in [1.82, 2.24) is 0 Å². The molecule has 6 rings (SSSR count). The second-order valence-corrected chi connectivity index (χ2v) is 11.5. The third-order valence-electron chi connectivity index (χ3n) is 8.06. The molecule has 4 aliphatic rings. The standard InChI is InChI=1S/C26H28ClO7P.2Na/c27-23-14-13-19(16-24(23)32-35(28,29)30)26(31-20-9-2-1-3-10-20)25(33-34-26)18-8-6-12-22(25)21-11-5-4-7-17(21)15-18;;/h1-3,9-10,13-14,16,18,22H,4-8,11-12,15H2,(H2,28,29,30);;/q;2*+1. The number of rotatable bonds is 5. The predicted octanol–water partition coefficient (Wildman–Crippen LogP) is 0.443. The largest absolute Gasteiger partial charge is 1.00 e. The first-order valence-electron chi connectivity index (χ1n) is 12.2. The minimum absolute atomic E-state index is 0. The van der Waals surface area contributed by atoms with E-state index in [0.29, 0.717) is 11.3 Å². The van der Waals surface area contributed by atoms with Crippen LogP contribution in [-0.4, -0.2) is 15.4 Å². The molecule has 0 amide bonds. The van der Waals surface area contributed by atoms with Gasteiger partial charge >= 0.3 is 66.9 Å². The molecule has 11 heteroatoms. The van der Waals surface area contributed by atoms with Crippen molar-refractivity contribution in [3.63, 3.8) is 0 Å². The third kappa shape index (κ3) is 5.18. The number of hydrogen-bond donors (Lipinski definition) is 2. The smallest absolute Gasteiger partial charge is 0.452 e. The van der Waals surface area contributed by atoms with E-state index >= 15 is 0 Å². The summed E-state index contributed by atoms with van der Waals surface area (Å²) in [6, 6.07) is 14.3. The van der Waals surface area contributed by atoms with Gasteiger partial charge in [-0.3, -0.25) is 9.79 Å². The van der Waals surface area contributed by atoms with Crippen LogP contribution < -0.4 is 68.4 Å². The molecule has 37 heavy (non-hydrogen) atoms. The monoisotopic (exact) mass is 564 g/mol. The van der Waals surface area contributed by atoms with Gasteiger partial charge in [0.15, 0.2) is 11.4 Å². The van der Waals surface area contributed by atoms with Gasteiger partial charge < -0.3 is 9.26 Å². The van der Waals surface area contributed by atoms with Crippen molar-refractivity contribution in [2.75, 3.05) is 0 Å². The van der Waals surface area contributed by atoms with Crippen LogP contribution in [0.4, 0.5) is 0 Å². The normalized spacial score (nSPS) is 30.4. The second kappa shape index (κ2) is 11.6. The minimum Gasteiger partial charge on any atom is -0.452 e. The molecule has 1 spiro atoms. The fourth-order valence-corrected chi connectivity index (χ4v) is 7.36. The first-order chi connectivity index (χ1) is 16.8. The Balaban J connectivity index is 0.00000160. The van der Waals surface area contributed by atoms with E-state index in [0.717, 1.165) is 38.5 Å². The molecule has 2 fully saturated rings. The first-order valence-corrected chi connectivity index (χ1v) is 14.1. The van der Waals surface area contributed by atoms with Crippen LogP contribution in [0.3, 0.4) is 0 Å². The molecule has 2 aromatic carbocycles. The fraction of sp³-hybridized carbons (Fsp3) is 0.462. The van der Waals surface area contributed by atoms with Gasteiger partial charge in [-0.1, -0.05) is 53.4 Å². The molecule has 1 saturated heterocycles. The Morgan fingerprint density at radius 2 is 1.73 bits per heavy atom. The van der Waals surface area contributed by atoms with Crippen LogP contribution in [0.25, 0.3) is 0 Å². The minimum atomic E-state index is -4.83. The van der Waals surface area contributed by atoms with E-state index in [1.54, 1.807) is 17.7 Å². The second-order valence-electron chi connectivity index (χ2n) is 9.94. The summed E-state index contributed by atoms with van der Waals surface area (Å²) < 4.78 is 23.2. The number of fused-ring (bicyclic) bond motifs is 1. The van der Waals surface area contributed by atoms with E-state index in [9.17, 15) is 14.4 Å². The van der Waals surface area contributed by atoms with Crippen LogP contribution in [0, 0.1) is 11.8 Å². The van der Waals surface area contributed by atoms with Crippen LogP contribution in [0.2, 0.25) is 5.02 Å². The molecular formula is C26H28ClNa2O7P+2. The maximum absolute atomic E-state index is 11.6. The van der Waals surface area contributed by atoms with Gasteiger partial charge in [0.05, 0.1) is 5.02 Å². The summed E-state index contributed by atoms with van der Waals surface area (Å²) in [5.74, 6) is -0.499. The number of ether oxygens (including phenoxy) is 1. The summed E-state index contributed by atoms with van der Waals surface area (Å²) >= 11 is 6.25. The van der Waals surface area contributed by atoms with E-state index in [4.69, 9.17) is 30.6 Å². The Bertz CT molecular complexity index is 1220. The number of hydrogen-bond acceptors (Lipinski definition) is 5. The van der Waals surface area contributed by atoms with Gasteiger partial charge in [-0.2, -0.15) is 4.89 Å². The summed E-state index contributed by atoms with van der Waals surface area (Å²) in [6.45, 7) is 0. The van der Waals surface area contributed by atoms with E-state index in [-0.39, 0.29) is 81.7 Å². The number of allylic oxidation sites excluding steroid dienone is 1. The van der Waals surface area contributed by atoms with Crippen LogP contribution in [0.1, 0.15) is 56.9 Å². The van der Waals surface area contributed by atoms with Crippen molar-refractivity contribution >= 4 is 19.4 Å². The molecule has 1 aliphatic heterocycles.